The number of methoxy groups -OCH3 is 1. The maximum atomic E-state index is 13.6. The fraction of sp³-hybridized carbons (Fsp3) is 0.333. The Morgan fingerprint density at radius 3 is 1.98 bits per heavy atom. The van der Waals surface area contributed by atoms with Crippen molar-refractivity contribution in [2.75, 3.05) is 7.11 Å². The van der Waals surface area contributed by atoms with Crippen molar-refractivity contribution in [2.24, 2.45) is 0 Å². The van der Waals surface area contributed by atoms with Crippen LogP contribution < -0.4 is 14.8 Å². The van der Waals surface area contributed by atoms with Gasteiger partial charge in [-0.05, 0) is 39.0 Å². The summed E-state index contributed by atoms with van der Waals surface area (Å²) in [6.45, 7) is 7.11. The average Bonchev–Trinajstić information content (AvgIpc) is 3.07. The second-order valence-corrected chi connectivity index (χ2v) is 17.1. The summed E-state index contributed by atoms with van der Waals surface area (Å²) in [7, 11) is -1.63. The zero-order valence-corrected chi connectivity index (χ0v) is 28.2. The molecular weight excluding hydrogens is 593 g/mol. The van der Waals surface area contributed by atoms with E-state index >= 15 is 0 Å². The van der Waals surface area contributed by atoms with Gasteiger partial charge in [0.25, 0.3) is 0 Å². The monoisotopic (exact) mass is 636 g/mol. The van der Waals surface area contributed by atoms with Crippen LogP contribution in [0.5, 0.6) is 5.75 Å². The summed E-state index contributed by atoms with van der Waals surface area (Å²) in [6, 6.07) is 36.5. The van der Waals surface area contributed by atoms with Crippen molar-refractivity contribution in [3.05, 3.63) is 126 Å². The Morgan fingerprint density at radius 1 is 0.826 bits per heavy atom. The first kappa shape index (κ1) is 33.3. The van der Waals surface area contributed by atoms with Crippen LogP contribution in [-0.4, -0.2) is 46.0 Å². The SMILES string of the molecule is COC(=O)c1c(C[C@H]2C[C@H](OCc3ccccc3)C[C@H](CC=O)O2)cccc1O[Si](c1ccccc1)(c1ccccc1)C(C)(C)C. The fourth-order valence-electron chi connectivity index (χ4n) is 6.61. The van der Waals surface area contributed by atoms with Gasteiger partial charge in [0.05, 0.1) is 32.0 Å². The predicted molar refractivity (Wildman–Crippen MR) is 183 cm³/mol. The molecule has 6 nitrogen and oxygen atoms in total. The van der Waals surface area contributed by atoms with E-state index in [2.05, 4.69) is 45.0 Å². The number of hydrogen-bond donors (Lipinski definition) is 0. The third kappa shape index (κ3) is 7.49. The Hall–Kier alpha value is -4.04. The number of ether oxygens (including phenoxy) is 3. The molecule has 1 saturated heterocycles. The van der Waals surface area contributed by atoms with Crippen LogP contribution in [0.25, 0.3) is 0 Å². The van der Waals surface area contributed by atoms with Crippen LogP contribution in [0.15, 0.2) is 109 Å². The molecule has 1 aliphatic rings. The van der Waals surface area contributed by atoms with Crippen LogP contribution in [0.1, 0.15) is 61.5 Å². The molecule has 4 aromatic carbocycles. The Bertz CT molecular complexity index is 1530. The van der Waals surface area contributed by atoms with E-state index in [-0.39, 0.29) is 23.4 Å². The molecule has 5 rings (SSSR count). The number of benzene rings is 4. The van der Waals surface area contributed by atoms with Gasteiger partial charge in [-0.3, -0.25) is 0 Å². The summed E-state index contributed by atoms with van der Waals surface area (Å²) < 4.78 is 25.4. The zero-order chi connectivity index (χ0) is 32.6. The summed E-state index contributed by atoms with van der Waals surface area (Å²) in [5.41, 5.74) is 2.28. The van der Waals surface area contributed by atoms with Crippen molar-refractivity contribution >= 4 is 30.9 Å². The first-order valence-electron chi connectivity index (χ1n) is 16.0. The predicted octanol–water partition coefficient (Wildman–Crippen LogP) is 6.68. The van der Waals surface area contributed by atoms with E-state index in [4.69, 9.17) is 18.6 Å². The summed E-state index contributed by atoms with van der Waals surface area (Å²) in [4.78, 5) is 25.1. The second kappa shape index (κ2) is 15.0. The molecule has 3 atom stereocenters. The van der Waals surface area contributed by atoms with Gasteiger partial charge in [0.2, 0.25) is 0 Å². The van der Waals surface area contributed by atoms with Gasteiger partial charge >= 0.3 is 14.3 Å². The summed E-state index contributed by atoms with van der Waals surface area (Å²) >= 11 is 0. The normalized spacial score (nSPS) is 18.5. The molecule has 46 heavy (non-hydrogen) atoms. The molecule has 0 aromatic heterocycles. The lowest BCUT2D eigenvalue weighted by atomic mass is 9.93. The summed E-state index contributed by atoms with van der Waals surface area (Å²) in [5.74, 6) is 0.0384. The molecule has 0 N–H and O–H groups in total. The van der Waals surface area contributed by atoms with Crippen LogP contribution in [0.2, 0.25) is 5.04 Å². The number of carbonyl (C=O) groups excluding carboxylic acids is 2. The molecule has 0 saturated carbocycles. The van der Waals surface area contributed by atoms with Gasteiger partial charge in [0.1, 0.15) is 17.6 Å². The number of rotatable bonds is 12. The highest BCUT2D eigenvalue weighted by atomic mass is 28.4. The van der Waals surface area contributed by atoms with E-state index in [1.807, 2.05) is 84.9 Å². The van der Waals surface area contributed by atoms with Gasteiger partial charge in [0.15, 0.2) is 0 Å². The average molecular weight is 637 g/mol. The lowest BCUT2D eigenvalue weighted by Gasteiger charge is -2.43. The first-order valence-corrected chi connectivity index (χ1v) is 17.9. The third-order valence-electron chi connectivity index (χ3n) is 8.75. The van der Waals surface area contributed by atoms with Crippen molar-refractivity contribution in [3.63, 3.8) is 0 Å². The van der Waals surface area contributed by atoms with Gasteiger partial charge < -0.3 is 23.4 Å². The van der Waals surface area contributed by atoms with Crippen LogP contribution in [0.4, 0.5) is 0 Å². The van der Waals surface area contributed by atoms with Crippen molar-refractivity contribution in [1.82, 2.24) is 0 Å². The molecule has 1 fully saturated rings. The van der Waals surface area contributed by atoms with E-state index in [1.54, 1.807) is 0 Å². The van der Waals surface area contributed by atoms with Crippen molar-refractivity contribution in [3.8, 4) is 5.75 Å². The van der Waals surface area contributed by atoms with E-state index < -0.39 is 14.3 Å². The van der Waals surface area contributed by atoms with Gasteiger partial charge in [-0.15, -0.1) is 0 Å². The van der Waals surface area contributed by atoms with Crippen LogP contribution in [0, 0.1) is 0 Å². The lowest BCUT2D eigenvalue weighted by Crippen LogP contribution is -2.69. The number of esters is 1. The minimum atomic E-state index is -3.03. The molecule has 0 radical (unpaired) electrons. The van der Waals surface area contributed by atoms with Crippen molar-refractivity contribution in [2.45, 2.75) is 76.4 Å². The van der Waals surface area contributed by atoms with Gasteiger partial charge in [0, 0.05) is 19.3 Å². The topological polar surface area (TPSA) is 71.1 Å². The quantitative estimate of drug-likeness (QED) is 0.0982. The van der Waals surface area contributed by atoms with E-state index in [1.165, 1.54) is 7.11 Å². The molecule has 1 heterocycles. The Labute approximate surface area is 273 Å². The minimum Gasteiger partial charge on any atom is -0.533 e. The molecule has 1 aliphatic heterocycles. The van der Waals surface area contributed by atoms with Gasteiger partial charge in [-0.25, -0.2) is 4.79 Å². The smallest absolute Gasteiger partial charge is 0.341 e. The maximum Gasteiger partial charge on any atom is 0.341 e. The summed E-state index contributed by atoms with van der Waals surface area (Å²) in [5, 5.41) is 1.93. The Balaban J connectivity index is 1.51. The summed E-state index contributed by atoms with van der Waals surface area (Å²) in [6.07, 6.45) is 2.33. The zero-order valence-electron chi connectivity index (χ0n) is 27.2. The Morgan fingerprint density at radius 2 is 1.41 bits per heavy atom. The number of hydrogen-bond acceptors (Lipinski definition) is 6. The van der Waals surface area contributed by atoms with E-state index in [0.717, 1.165) is 27.8 Å². The Kier molecular flexibility index (Phi) is 10.9. The second-order valence-electron chi connectivity index (χ2n) is 12.9. The molecule has 7 heteroatoms. The maximum absolute atomic E-state index is 13.6. The largest absolute Gasteiger partial charge is 0.533 e. The highest BCUT2D eigenvalue weighted by Gasteiger charge is 2.52. The highest BCUT2D eigenvalue weighted by molar-refractivity contribution is 7.00. The van der Waals surface area contributed by atoms with Crippen LogP contribution >= 0.6 is 0 Å². The molecule has 0 unspecified atom stereocenters. The van der Waals surface area contributed by atoms with Gasteiger partial charge in [-0.1, -0.05) is 124 Å². The van der Waals surface area contributed by atoms with Crippen LogP contribution in [-0.2, 0) is 32.0 Å². The third-order valence-corrected chi connectivity index (χ3v) is 13.7. The standard InChI is InChI=1S/C39H44O6Si/c1-39(2,3)46(34-18-10-6-11-19-34,35-20-12-7-13-21-35)45-36-22-14-17-30(37(36)38(41)42-4)25-33-27-32(26-31(44-33)23-24-40)43-28-29-15-8-5-9-16-29/h5-22,24,31-33H,23,25-28H2,1-4H3/t31-,32+,33-/m0/s1. The van der Waals surface area contributed by atoms with Gasteiger partial charge in [-0.2, -0.15) is 0 Å². The minimum absolute atomic E-state index is 0.0815. The molecule has 4 aromatic rings. The molecule has 0 bridgehead atoms. The molecule has 240 valence electrons. The van der Waals surface area contributed by atoms with Crippen molar-refractivity contribution < 1.29 is 28.2 Å². The van der Waals surface area contributed by atoms with Crippen molar-refractivity contribution in [1.29, 1.82) is 0 Å². The highest BCUT2D eigenvalue weighted by Crippen LogP contribution is 2.39. The molecule has 0 spiro atoms. The van der Waals surface area contributed by atoms with E-state index in [0.29, 0.717) is 43.6 Å². The number of carbonyl (C=O) groups is 2. The molecule has 0 amide bonds. The van der Waals surface area contributed by atoms with E-state index in [9.17, 15) is 9.59 Å². The van der Waals surface area contributed by atoms with Crippen LogP contribution in [0.3, 0.4) is 0 Å². The fourth-order valence-corrected chi connectivity index (χ4v) is 11.0. The number of aldehydes is 1. The lowest BCUT2D eigenvalue weighted by molar-refractivity contribution is -0.129. The first-order chi connectivity index (χ1) is 22.2. The molecule has 0 aliphatic carbocycles. The molecular formula is C39H44O6Si.